The Hall–Kier alpha value is -2.82. The van der Waals surface area contributed by atoms with Gasteiger partial charge in [0.15, 0.2) is 0 Å². The summed E-state index contributed by atoms with van der Waals surface area (Å²) in [5.74, 6) is 0.405. The molecule has 1 aliphatic carbocycles. The molecule has 5 nitrogen and oxygen atoms in total. The van der Waals surface area contributed by atoms with Gasteiger partial charge in [-0.2, -0.15) is 0 Å². The summed E-state index contributed by atoms with van der Waals surface area (Å²) >= 11 is 0. The number of methoxy groups -OCH3 is 1. The average Bonchev–Trinajstić information content (AvgIpc) is 2.51. The molecule has 0 unspecified atom stereocenters. The van der Waals surface area contributed by atoms with Gasteiger partial charge in [0.1, 0.15) is 17.1 Å². The van der Waals surface area contributed by atoms with Crippen molar-refractivity contribution in [3.05, 3.63) is 48.2 Å². The fourth-order valence-corrected chi connectivity index (χ4v) is 2.61. The molecule has 0 atom stereocenters. The van der Waals surface area contributed by atoms with Crippen molar-refractivity contribution < 1.29 is 9.53 Å². The number of fused-ring (bicyclic) bond motifs is 2. The normalized spacial score (nSPS) is 12.3. The minimum Gasteiger partial charge on any atom is -0.496 e. The van der Waals surface area contributed by atoms with Crippen molar-refractivity contribution in [2.75, 3.05) is 7.11 Å². The second-order valence-corrected chi connectivity index (χ2v) is 4.48. The molecule has 0 N–H and O–H groups in total. The highest BCUT2D eigenvalue weighted by atomic mass is 16.5. The Morgan fingerprint density at radius 3 is 2.30 bits per heavy atom. The van der Waals surface area contributed by atoms with E-state index in [-0.39, 0.29) is 5.78 Å². The van der Waals surface area contributed by atoms with E-state index in [0.717, 1.165) is 10.8 Å². The molecule has 0 aromatic carbocycles. The molecule has 0 spiro atoms. The number of aromatic nitrogens is 3. The van der Waals surface area contributed by atoms with Crippen LogP contribution in [0.3, 0.4) is 0 Å². The first-order chi connectivity index (χ1) is 9.81. The van der Waals surface area contributed by atoms with E-state index >= 15 is 0 Å². The molecule has 96 valence electrons. The summed E-state index contributed by atoms with van der Waals surface area (Å²) in [6, 6.07) is 5.46. The summed E-state index contributed by atoms with van der Waals surface area (Å²) in [7, 11) is 1.57. The molecule has 3 aromatic rings. The lowest BCUT2D eigenvalue weighted by molar-refractivity contribution is 0.103. The summed E-state index contributed by atoms with van der Waals surface area (Å²) in [4.78, 5) is 25.4. The van der Waals surface area contributed by atoms with Gasteiger partial charge in [-0.25, -0.2) is 0 Å². The maximum absolute atomic E-state index is 12.6. The van der Waals surface area contributed by atoms with E-state index < -0.39 is 0 Å². The van der Waals surface area contributed by atoms with Gasteiger partial charge in [-0.15, -0.1) is 0 Å². The Bertz CT molecular complexity index is 869. The van der Waals surface area contributed by atoms with Crippen molar-refractivity contribution in [3.8, 4) is 17.0 Å². The largest absolute Gasteiger partial charge is 0.496 e. The number of ketones is 1. The van der Waals surface area contributed by atoms with Gasteiger partial charge in [0.2, 0.25) is 5.78 Å². The lowest BCUT2D eigenvalue weighted by Gasteiger charge is -2.18. The third-order valence-corrected chi connectivity index (χ3v) is 3.48. The Morgan fingerprint density at radius 1 is 0.900 bits per heavy atom. The van der Waals surface area contributed by atoms with Gasteiger partial charge in [0.05, 0.1) is 18.4 Å². The Kier molecular flexibility index (Phi) is 2.12. The Labute approximate surface area is 114 Å². The van der Waals surface area contributed by atoms with Crippen molar-refractivity contribution >= 4 is 16.6 Å². The van der Waals surface area contributed by atoms with Gasteiger partial charge in [0, 0.05) is 24.0 Å². The molecule has 4 rings (SSSR count). The molecule has 0 saturated carbocycles. The van der Waals surface area contributed by atoms with E-state index in [9.17, 15) is 4.79 Å². The average molecular weight is 263 g/mol. The second-order valence-electron chi connectivity index (χ2n) is 4.48. The fourth-order valence-electron chi connectivity index (χ4n) is 2.61. The number of carbonyl (C=O) groups excluding carboxylic acids is 1. The molecule has 1 aliphatic rings. The van der Waals surface area contributed by atoms with Crippen molar-refractivity contribution in [2.45, 2.75) is 0 Å². The maximum atomic E-state index is 12.6. The molecule has 0 bridgehead atoms. The van der Waals surface area contributed by atoms with Crippen LogP contribution in [-0.2, 0) is 0 Å². The first kappa shape index (κ1) is 11.0. The monoisotopic (exact) mass is 263 g/mol. The summed E-state index contributed by atoms with van der Waals surface area (Å²) in [5.41, 5.74) is 2.09. The zero-order valence-corrected chi connectivity index (χ0v) is 10.6. The number of pyridine rings is 3. The van der Waals surface area contributed by atoms with Crippen molar-refractivity contribution in [3.63, 3.8) is 0 Å². The topological polar surface area (TPSA) is 65.0 Å². The summed E-state index contributed by atoms with van der Waals surface area (Å²) in [6.07, 6.45) is 4.90. The summed E-state index contributed by atoms with van der Waals surface area (Å²) in [6.45, 7) is 0. The van der Waals surface area contributed by atoms with Gasteiger partial charge in [-0.3, -0.25) is 19.7 Å². The minimum atomic E-state index is -0.190. The minimum absolute atomic E-state index is 0.190. The molecule has 0 saturated heterocycles. The standard InChI is InChI=1S/C15H9N3O2/c1-20-9-4-7-18-14-11(9)12-10-8(2-5-16-12)3-6-17-13(10)15(14)19/h2-7H,1H3. The summed E-state index contributed by atoms with van der Waals surface area (Å²) in [5, 5.41) is 1.70. The quantitative estimate of drug-likeness (QED) is 0.527. The molecule has 5 heteroatoms. The number of ether oxygens (including phenoxy) is 1. The molecule has 0 amide bonds. The van der Waals surface area contributed by atoms with E-state index in [0.29, 0.717) is 28.4 Å². The van der Waals surface area contributed by atoms with Crippen LogP contribution in [0.5, 0.6) is 5.75 Å². The first-order valence-corrected chi connectivity index (χ1v) is 6.13. The van der Waals surface area contributed by atoms with Crippen LogP contribution in [0.4, 0.5) is 0 Å². The van der Waals surface area contributed by atoms with Crippen LogP contribution < -0.4 is 4.74 Å². The van der Waals surface area contributed by atoms with Gasteiger partial charge >= 0.3 is 0 Å². The predicted octanol–water partition coefficient (Wildman–Crippen LogP) is 2.24. The number of hydrogen-bond donors (Lipinski definition) is 0. The number of hydrogen-bond acceptors (Lipinski definition) is 5. The van der Waals surface area contributed by atoms with Crippen molar-refractivity contribution in [2.24, 2.45) is 0 Å². The van der Waals surface area contributed by atoms with Gasteiger partial charge < -0.3 is 4.74 Å². The molecule has 3 heterocycles. The van der Waals surface area contributed by atoms with E-state index in [1.165, 1.54) is 0 Å². The predicted molar refractivity (Wildman–Crippen MR) is 72.8 cm³/mol. The molecule has 0 fully saturated rings. The zero-order chi connectivity index (χ0) is 13.7. The molecular formula is C15H9N3O2. The van der Waals surface area contributed by atoms with Crippen LogP contribution in [0.15, 0.2) is 36.8 Å². The van der Waals surface area contributed by atoms with E-state index in [1.54, 1.807) is 31.8 Å². The zero-order valence-electron chi connectivity index (χ0n) is 10.6. The van der Waals surface area contributed by atoms with E-state index in [1.807, 2.05) is 12.1 Å². The molecule has 20 heavy (non-hydrogen) atoms. The van der Waals surface area contributed by atoms with Crippen LogP contribution in [0.1, 0.15) is 16.2 Å². The first-order valence-electron chi connectivity index (χ1n) is 6.13. The summed E-state index contributed by atoms with van der Waals surface area (Å²) < 4.78 is 5.35. The maximum Gasteiger partial charge on any atom is 0.231 e. The smallest absolute Gasteiger partial charge is 0.231 e. The van der Waals surface area contributed by atoms with Crippen LogP contribution in [0, 0.1) is 0 Å². The van der Waals surface area contributed by atoms with E-state index in [2.05, 4.69) is 15.0 Å². The van der Waals surface area contributed by atoms with Crippen LogP contribution in [-0.4, -0.2) is 27.8 Å². The van der Waals surface area contributed by atoms with E-state index in [4.69, 9.17) is 4.74 Å². The fraction of sp³-hybridized carbons (Fsp3) is 0.0667. The van der Waals surface area contributed by atoms with Gasteiger partial charge in [0.25, 0.3) is 0 Å². The second kappa shape index (κ2) is 3.84. The lowest BCUT2D eigenvalue weighted by Crippen LogP contribution is -2.15. The van der Waals surface area contributed by atoms with Crippen LogP contribution in [0.2, 0.25) is 0 Å². The highest BCUT2D eigenvalue weighted by Gasteiger charge is 2.30. The molecule has 0 aliphatic heterocycles. The van der Waals surface area contributed by atoms with Crippen molar-refractivity contribution in [1.29, 1.82) is 0 Å². The molecule has 0 radical (unpaired) electrons. The third kappa shape index (κ3) is 1.26. The number of nitrogens with zero attached hydrogens (tertiary/aromatic N) is 3. The lowest BCUT2D eigenvalue weighted by atomic mass is 9.91. The third-order valence-electron chi connectivity index (χ3n) is 3.48. The van der Waals surface area contributed by atoms with Gasteiger partial charge in [-0.1, -0.05) is 0 Å². The van der Waals surface area contributed by atoms with Crippen LogP contribution in [0.25, 0.3) is 22.0 Å². The van der Waals surface area contributed by atoms with Gasteiger partial charge in [-0.05, 0) is 23.6 Å². The SMILES string of the molecule is COc1ccnc2c1-c1nccc3ccnc(c13)C2=O. The Morgan fingerprint density at radius 2 is 1.55 bits per heavy atom. The highest BCUT2D eigenvalue weighted by Crippen LogP contribution is 2.40. The molecular weight excluding hydrogens is 254 g/mol. The molecule has 3 aromatic heterocycles. The Balaban J connectivity index is 2.25. The van der Waals surface area contributed by atoms with Crippen molar-refractivity contribution in [1.82, 2.24) is 15.0 Å². The number of rotatable bonds is 1. The number of carbonyl (C=O) groups is 1. The van der Waals surface area contributed by atoms with Crippen LogP contribution >= 0.6 is 0 Å². The highest BCUT2D eigenvalue weighted by molar-refractivity contribution is 6.23.